The van der Waals surface area contributed by atoms with Crippen molar-refractivity contribution in [1.82, 2.24) is 5.43 Å². The number of carbonyl (C=O) groups excluding carboxylic acids is 1. The Balaban J connectivity index is 1.83. The van der Waals surface area contributed by atoms with Crippen LogP contribution in [0.3, 0.4) is 0 Å². The molecule has 28 heavy (non-hydrogen) atoms. The maximum absolute atomic E-state index is 12.6. The van der Waals surface area contributed by atoms with E-state index >= 15 is 0 Å². The number of carbonyl (C=O) groups is 1. The lowest BCUT2D eigenvalue weighted by atomic mass is 10.0. The van der Waals surface area contributed by atoms with Crippen LogP contribution in [0.4, 0.5) is 0 Å². The van der Waals surface area contributed by atoms with Crippen molar-refractivity contribution in [1.29, 1.82) is 0 Å². The molecule has 3 aromatic carbocycles. The first kappa shape index (κ1) is 19.4. The van der Waals surface area contributed by atoms with Gasteiger partial charge in [-0.2, -0.15) is 5.10 Å². The molecule has 0 saturated heterocycles. The van der Waals surface area contributed by atoms with Crippen molar-refractivity contribution in [2.45, 2.75) is 26.7 Å². The van der Waals surface area contributed by atoms with E-state index in [9.17, 15) is 9.90 Å². The second kappa shape index (κ2) is 9.00. The molecule has 1 amide bonds. The lowest BCUT2D eigenvalue weighted by Gasteiger charge is -2.10. The van der Waals surface area contributed by atoms with Crippen LogP contribution >= 0.6 is 0 Å². The van der Waals surface area contributed by atoms with E-state index < -0.39 is 0 Å². The minimum atomic E-state index is -0.259. The summed E-state index contributed by atoms with van der Waals surface area (Å²) in [4.78, 5) is 12.6. The highest BCUT2D eigenvalue weighted by molar-refractivity contribution is 6.04. The molecule has 3 rings (SSSR count). The summed E-state index contributed by atoms with van der Waals surface area (Å²) in [6.07, 6.45) is 1.35. The van der Waals surface area contributed by atoms with Gasteiger partial charge in [0, 0.05) is 11.1 Å². The Kier molecular flexibility index (Phi) is 6.22. The first-order chi connectivity index (χ1) is 13.5. The van der Waals surface area contributed by atoms with Crippen LogP contribution in [-0.2, 0) is 6.42 Å². The normalized spacial score (nSPS) is 11.3. The van der Waals surface area contributed by atoms with Gasteiger partial charge < -0.3 is 5.11 Å². The Morgan fingerprint density at radius 3 is 2.36 bits per heavy atom. The average Bonchev–Trinajstić information content (AvgIpc) is 2.69. The van der Waals surface area contributed by atoms with Crippen LogP contribution in [0.5, 0.6) is 5.75 Å². The number of phenols is 1. The number of nitrogens with one attached hydrogen (secondary N) is 1. The predicted octanol–water partition coefficient (Wildman–Crippen LogP) is 4.78. The van der Waals surface area contributed by atoms with Gasteiger partial charge in [-0.1, -0.05) is 60.2 Å². The molecule has 0 aliphatic carbocycles. The summed E-state index contributed by atoms with van der Waals surface area (Å²) in [5, 5.41) is 14.6. The largest absolute Gasteiger partial charge is 0.507 e. The van der Waals surface area contributed by atoms with E-state index in [1.54, 1.807) is 18.2 Å². The first-order valence-electron chi connectivity index (χ1n) is 9.31. The van der Waals surface area contributed by atoms with E-state index in [-0.39, 0.29) is 11.7 Å². The third kappa shape index (κ3) is 4.86. The van der Waals surface area contributed by atoms with Gasteiger partial charge in [-0.3, -0.25) is 4.79 Å². The van der Waals surface area contributed by atoms with E-state index in [1.165, 1.54) is 5.56 Å². The molecule has 0 atom stereocenters. The van der Waals surface area contributed by atoms with Crippen molar-refractivity contribution in [3.8, 4) is 5.75 Å². The molecule has 0 aliphatic rings. The number of rotatable bonds is 6. The van der Waals surface area contributed by atoms with Crippen molar-refractivity contribution in [3.63, 3.8) is 0 Å². The van der Waals surface area contributed by atoms with Gasteiger partial charge in [0.15, 0.2) is 0 Å². The molecular weight excluding hydrogens is 348 g/mol. The molecule has 0 heterocycles. The second-order valence-corrected chi connectivity index (χ2v) is 6.82. The van der Waals surface area contributed by atoms with Gasteiger partial charge in [-0.15, -0.1) is 0 Å². The summed E-state index contributed by atoms with van der Waals surface area (Å²) in [6.45, 7) is 3.90. The predicted molar refractivity (Wildman–Crippen MR) is 113 cm³/mol. The summed E-state index contributed by atoms with van der Waals surface area (Å²) < 4.78 is 0. The summed E-state index contributed by atoms with van der Waals surface area (Å²) in [7, 11) is 0. The van der Waals surface area contributed by atoms with Gasteiger partial charge in [0.2, 0.25) is 0 Å². The number of benzene rings is 3. The standard InChI is InChI=1S/C24H24N2O2/c1-17-12-14-20(18(2)16-17)24(28)26-25-22(21-10-6-7-11-23(21)27)15-13-19-8-4-3-5-9-19/h3-12,14,16,27H,13,15H2,1-2H3,(H,26,28). The molecule has 0 saturated carbocycles. The van der Waals surface area contributed by atoms with Gasteiger partial charge in [0.05, 0.1) is 5.71 Å². The van der Waals surface area contributed by atoms with Crippen molar-refractivity contribution in [2.75, 3.05) is 0 Å². The molecule has 0 unspecified atom stereocenters. The van der Waals surface area contributed by atoms with E-state index in [0.29, 0.717) is 23.3 Å². The number of para-hydroxylation sites is 1. The third-order valence-corrected chi connectivity index (χ3v) is 4.63. The highest BCUT2D eigenvalue weighted by Crippen LogP contribution is 2.19. The molecule has 4 heteroatoms. The van der Waals surface area contributed by atoms with E-state index in [1.807, 2.05) is 56.3 Å². The number of amides is 1. The molecular formula is C24H24N2O2. The highest BCUT2D eigenvalue weighted by Gasteiger charge is 2.12. The van der Waals surface area contributed by atoms with Crippen LogP contribution in [0.25, 0.3) is 0 Å². The Morgan fingerprint density at radius 2 is 1.64 bits per heavy atom. The zero-order chi connectivity index (χ0) is 19.9. The summed E-state index contributed by atoms with van der Waals surface area (Å²) in [5.41, 5.74) is 7.70. The number of hydrogen-bond acceptors (Lipinski definition) is 3. The van der Waals surface area contributed by atoms with E-state index in [0.717, 1.165) is 17.5 Å². The van der Waals surface area contributed by atoms with Gasteiger partial charge in [-0.25, -0.2) is 5.43 Å². The molecule has 3 aromatic rings. The number of aromatic hydroxyl groups is 1. The zero-order valence-electron chi connectivity index (χ0n) is 16.1. The Hall–Kier alpha value is -3.40. The lowest BCUT2D eigenvalue weighted by Crippen LogP contribution is -2.21. The first-order valence-corrected chi connectivity index (χ1v) is 9.31. The fourth-order valence-electron chi connectivity index (χ4n) is 3.12. The number of aryl methyl sites for hydroxylation is 3. The number of nitrogens with zero attached hydrogens (tertiary/aromatic N) is 1. The Bertz CT molecular complexity index is 994. The Labute approximate surface area is 165 Å². The van der Waals surface area contributed by atoms with Gasteiger partial charge in [0.1, 0.15) is 5.75 Å². The number of hydrazone groups is 1. The van der Waals surface area contributed by atoms with Crippen molar-refractivity contribution in [3.05, 3.63) is 101 Å². The molecule has 0 radical (unpaired) electrons. The lowest BCUT2D eigenvalue weighted by molar-refractivity contribution is 0.0954. The topological polar surface area (TPSA) is 61.7 Å². The van der Waals surface area contributed by atoms with Crippen molar-refractivity contribution < 1.29 is 9.90 Å². The molecule has 2 N–H and O–H groups in total. The fraction of sp³-hybridized carbons (Fsp3) is 0.167. The monoisotopic (exact) mass is 372 g/mol. The Morgan fingerprint density at radius 1 is 0.929 bits per heavy atom. The van der Waals surface area contributed by atoms with Crippen molar-refractivity contribution >= 4 is 11.6 Å². The molecule has 0 fully saturated rings. The van der Waals surface area contributed by atoms with Crippen LogP contribution in [0.15, 0.2) is 77.9 Å². The number of hydrogen-bond donors (Lipinski definition) is 2. The maximum atomic E-state index is 12.6. The maximum Gasteiger partial charge on any atom is 0.271 e. The van der Waals surface area contributed by atoms with Crippen LogP contribution < -0.4 is 5.43 Å². The molecule has 4 nitrogen and oxygen atoms in total. The average molecular weight is 372 g/mol. The summed E-state index contributed by atoms with van der Waals surface area (Å²) in [5.74, 6) is -0.111. The van der Waals surface area contributed by atoms with Crippen LogP contribution in [0, 0.1) is 13.8 Å². The van der Waals surface area contributed by atoms with E-state index in [2.05, 4.69) is 22.7 Å². The second-order valence-electron chi connectivity index (χ2n) is 6.82. The van der Waals surface area contributed by atoms with Crippen LogP contribution in [0.1, 0.15) is 39.0 Å². The van der Waals surface area contributed by atoms with Gasteiger partial charge >= 0.3 is 0 Å². The summed E-state index contributed by atoms with van der Waals surface area (Å²) in [6, 6.07) is 22.8. The van der Waals surface area contributed by atoms with E-state index in [4.69, 9.17) is 0 Å². The zero-order valence-corrected chi connectivity index (χ0v) is 16.1. The molecule has 0 aromatic heterocycles. The van der Waals surface area contributed by atoms with Gasteiger partial charge in [-0.05, 0) is 56.0 Å². The highest BCUT2D eigenvalue weighted by atomic mass is 16.3. The summed E-state index contributed by atoms with van der Waals surface area (Å²) >= 11 is 0. The van der Waals surface area contributed by atoms with Crippen LogP contribution in [-0.4, -0.2) is 16.7 Å². The van der Waals surface area contributed by atoms with Crippen molar-refractivity contribution in [2.24, 2.45) is 5.10 Å². The third-order valence-electron chi connectivity index (χ3n) is 4.63. The van der Waals surface area contributed by atoms with Crippen LogP contribution in [0.2, 0.25) is 0 Å². The van der Waals surface area contributed by atoms with Gasteiger partial charge in [0.25, 0.3) is 5.91 Å². The SMILES string of the molecule is Cc1ccc(C(=O)NN=C(CCc2ccccc2)c2ccccc2O)c(C)c1. The minimum absolute atomic E-state index is 0.148. The fourth-order valence-corrected chi connectivity index (χ4v) is 3.12. The smallest absolute Gasteiger partial charge is 0.271 e. The minimum Gasteiger partial charge on any atom is -0.507 e. The molecule has 142 valence electrons. The molecule has 0 aliphatic heterocycles. The quantitative estimate of drug-likeness (QED) is 0.483. The molecule has 0 bridgehead atoms. The molecule has 0 spiro atoms. The number of phenolic OH excluding ortho intramolecular Hbond substituents is 1.